The first-order chi connectivity index (χ1) is 12.1. The fourth-order valence-corrected chi connectivity index (χ4v) is 5.52. The number of benzene rings is 1. The Bertz CT molecular complexity index is 734. The topological polar surface area (TPSA) is 82.0 Å². The highest BCUT2D eigenvalue weighted by molar-refractivity contribution is 7.99. The molecule has 2 unspecified atom stereocenters. The van der Waals surface area contributed by atoms with Crippen molar-refractivity contribution in [1.29, 1.82) is 0 Å². The van der Waals surface area contributed by atoms with Gasteiger partial charge in [-0.25, -0.2) is 4.79 Å². The summed E-state index contributed by atoms with van der Waals surface area (Å²) in [6, 6.07) is 3.90. The largest absolute Gasteiger partial charge is 0.535 e. The van der Waals surface area contributed by atoms with E-state index in [1.165, 1.54) is 0 Å². The molecule has 3 heterocycles. The molecule has 8 heteroatoms. The van der Waals surface area contributed by atoms with Gasteiger partial charge in [0.05, 0.1) is 0 Å². The van der Waals surface area contributed by atoms with Crippen LogP contribution in [0.15, 0.2) is 17.0 Å². The molecule has 6 nitrogen and oxygen atoms in total. The molecule has 1 spiro atoms. The number of carbonyl (C=O) groups is 1. The van der Waals surface area contributed by atoms with Crippen LogP contribution in [0.3, 0.4) is 0 Å². The lowest BCUT2D eigenvalue weighted by Gasteiger charge is -2.56. The van der Waals surface area contributed by atoms with E-state index in [2.05, 4.69) is 10.2 Å². The highest BCUT2D eigenvalue weighted by Gasteiger charge is 2.54. The van der Waals surface area contributed by atoms with Gasteiger partial charge in [0.25, 0.3) is 0 Å². The second kappa shape index (κ2) is 5.64. The van der Waals surface area contributed by atoms with E-state index in [1.807, 2.05) is 12.1 Å². The molecule has 2 atom stereocenters. The van der Waals surface area contributed by atoms with Gasteiger partial charge in [-0.2, -0.15) is 0 Å². The molecule has 3 fully saturated rings. The summed E-state index contributed by atoms with van der Waals surface area (Å²) in [5.74, 6) is 0.648. The second-order valence-corrected chi connectivity index (χ2v) is 8.98. The van der Waals surface area contributed by atoms with Crippen LogP contribution in [0.5, 0.6) is 5.75 Å². The van der Waals surface area contributed by atoms with E-state index in [1.54, 1.807) is 11.8 Å². The van der Waals surface area contributed by atoms with Crippen LogP contribution >= 0.6 is 11.8 Å². The standard InChI is InChI=1S/C17H21BN2O4S/c21-16(22)14-13(25-4-3-20-8-17(9-20)6-19-7-17)2-1-10-11-5-12(11)18(23)24-15(10)14/h1-2,11-12,19,23H,3-9H2,(H,21,22). The normalized spacial score (nSPS) is 28.4. The van der Waals surface area contributed by atoms with E-state index in [4.69, 9.17) is 4.65 Å². The molecule has 1 saturated carbocycles. The summed E-state index contributed by atoms with van der Waals surface area (Å²) in [5.41, 5.74) is 1.68. The monoisotopic (exact) mass is 360 g/mol. The van der Waals surface area contributed by atoms with E-state index in [-0.39, 0.29) is 17.3 Å². The van der Waals surface area contributed by atoms with Gasteiger partial charge in [0.1, 0.15) is 11.3 Å². The molecule has 4 aliphatic rings. The van der Waals surface area contributed by atoms with Crippen molar-refractivity contribution in [2.75, 3.05) is 38.5 Å². The molecule has 1 aromatic rings. The van der Waals surface area contributed by atoms with E-state index in [9.17, 15) is 14.9 Å². The average molecular weight is 360 g/mol. The van der Waals surface area contributed by atoms with Crippen molar-refractivity contribution in [3.05, 3.63) is 23.3 Å². The van der Waals surface area contributed by atoms with E-state index in [0.717, 1.165) is 55.4 Å². The van der Waals surface area contributed by atoms with Crippen molar-refractivity contribution >= 4 is 24.8 Å². The van der Waals surface area contributed by atoms with Crippen LogP contribution in [-0.4, -0.2) is 66.6 Å². The number of nitrogens with one attached hydrogen (secondary N) is 1. The minimum absolute atomic E-state index is 0.132. The Balaban J connectivity index is 1.28. The molecule has 1 aliphatic carbocycles. The van der Waals surface area contributed by atoms with Gasteiger partial charge in [-0.15, -0.1) is 11.8 Å². The first-order valence-corrected chi connectivity index (χ1v) is 9.86. The SMILES string of the molecule is O=C(O)c1c(SCCN2CC3(CNC3)C2)ccc2c1OB(O)C1CC21. The molecule has 3 aliphatic heterocycles. The van der Waals surface area contributed by atoms with Gasteiger partial charge in [0.15, 0.2) is 0 Å². The lowest BCUT2D eigenvalue weighted by Crippen LogP contribution is -2.71. The third-order valence-electron chi connectivity index (χ3n) is 5.99. The lowest BCUT2D eigenvalue weighted by molar-refractivity contribution is -0.0350. The Hall–Kier alpha value is -1.22. The van der Waals surface area contributed by atoms with Crippen LogP contribution in [0.2, 0.25) is 5.82 Å². The van der Waals surface area contributed by atoms with Gasteiger partial charge in [0.2, 0.25) is 0 Å². The first-order valence-electron chi connectivity index (χ1n) is 8.87. The number of likely N-dealkylation sites (tertiary alicyclic amines) is 1. The number of nitrogens with zero attached hydrogens (tertiary/aromatic N) is 1. The minimum atomic E-state index is -0.978. The Morgan fingerprint density at radius 3 is 2.92 bits per heavy atom. The predicted octanol–water partition coefficient (Wildman–Crippen LogP) is 1.11. The second-order valence-electron chi connectivity index (χ2n) is 7.84. The quantitative estimate of drug-likeness (QED) is 0.536. The Labute approximate surface area is 151 Å². The Morgan fingerprint density at radius 2 is 2.24 bits per heavy atom. The number of hydrogen-bond acceptors (Lipinski definition) is 6. The smallest absolute Gasteiger partial charge is 0.526 e. The summed E-state index contributed by atoms with van der Waals surface area (Å²) in [6.45, 7) is 5.53. The fourth-order valence-electron chi connectivity index (χ4n) is 4.47. The van der Waals surface area contributed by atoms with Crippen LogP contribution in [0.25, 0.3) is 0 Å². The summed E-state index contributed by atoms with van der Waals surface area (Å²) >= 11 is 1.57. The maximum Gasteiger partial charge on any atom is 0.526 e. The molecule has 0 amide bonds. The summed E-state index contributed by atoms with van der Waals surface area (Å²) in [4.78, 5) is 15.0. The third kappa shape index (κ3) is 2.58. The van der Waals surface area contributed by atoms with Crippen molar-refractivity contribution in [2.45, 2.75) is 23.1 Å². The first kappa shape index (κ1) is 16.0. The molecular weight excluding hydrogens is 339 g/mol. The molecule has 0 radical (unpaired) electrons. The molecule has 0 bridgehead atoms. The summed E-state index contributed by atoms with van der Waals surface area (Å²) in [5, 5.41) is 23.0. The molecule has 25 heavy (non-hydrogen) atoms. The maximum atomic E-state index is 11.8. The van der Waals surface area contributed by atoms with E-state index < -0.39 is 13.1 Å². The number of hydrogen-bond donors (Lipinski definition) is 3. The zero-order chi connectivity index (χ0) is 17.2. The summed E-state index contributed by atoms with van der Waals surface area (Å²) in [6.07, 6.45) is 0.880. The highest BCUT2D eigenvalue weighted by Crippen LogP contribution is 2.60. The number of fused-ring (bicyclic) bond motifs is 3. The van der Waals surface area contributed by atoms with Gasteiger partial charge in [0, 0.05) is 54.6 Å². The summed E-state index contributed by atoms with van der Waals surface area (Å²) < 4.78 is 5.57. The van der Waals surface area contributed by atoms with Gasteiger partial charge in [-0.05, 0) is 24.0 Å². The minimum Gasteiger partial charge on any atom is -0.535 e. The average Bonchev–Trinajstić information content (AvgIpc) is 3.28. The van der Waals surface area contributed by atoms with Crippen LogP contribution in [-0.2, 0) is 0 Å². The van der Waals surface area contributed by atoms with Crippen molar-refractivity contribution in [3.8, 4) is 5.75 Å². The van der Waals surface area contributed by atoms with Crippen LogP contribution in [0, 0.1) is 5.41 Å². The zero-order valence-corrected chi connectivity index (χ0v) is 14.7. The molecule has 1 aromatic carbocycles. The number of aromatic carboxylic acids is 1. The highest BCUT2D eigenvalue weighted by atomic mass is 32.2. The molecule has 0 aromatic heterocycles. The maximum absolute atomic E-state index is 11.8. The molecule has 3 N–H and O–H groups in total. The number of carboxylic acids is 1. The number of thioether (sulfide) groups is 1. The molecule has 132 valence electrons. The van der Waals surface area contributed by atoms with Crippen LogP contribution in [0.4, 0.5) is 0 Å². The summed E-state index contributed by atoms with van der Waals surface area (Å²) in [7, 11) is -0.871. The van der Waals surface area contributed by atoms with Crippen LogP contribution < -0.4 is 9.97 Å². The molecule has 5 rings (SSSR count). The van der Waals surface area contributed by atoms with Gasteiger partial charge >= 0.3 is 13.1 Å². The van der Waals surface area contributed by atoms with Crippen LogP contribution in [0.1, 0.15) is 28.3 Å². The van der Waals surface area contributed by atoms with E-state index >= 15 is 0 Å². The van der Waals surface area contributed by atoms with Gasteiger partial charge in [-0.1, -0.05) is 6.07 Å². The molecular formula is C17H21BN2O4S. The Morgan fingerprint density at radius 1 is 1.44 bits per heavy atom. The lowest BCUT2D eigenvalue weighted by atomic mass is 9.74. The molecule has 2 saturated heterocycles. The van der Waals surface area contributed by atoms with Crippen molar-refractivity contribution < 1.29 is 19.6 Å². The number of carboxylic acid groups (broad SMARTS) is 1. The van der Waals surface area contributed by atoms with Gasteiger partial charge < -0.3 is 25.0 Å². The van der Waals surface area contributed by atoms with E-state index in [0.29, 0.717) is 11.2 Å². The Kier molecular flexibility index (Phi) is 3.61. The fraction of sp³-hybridized carbons (Fsp3) is 0.588. The number of rotatable bonds is 5. The zero-order valence-electron chi connectivity index (χ0n) is 13.9. The van der Waals surface area contributed by atoms with Crippen molar-refractivity contribution in [3.63, 3.8) is 0 Å². The van der Waals surface area contributed by atoms with Crippen molar-refractivity contribution in [2.24, 2.45) is 5.41 Å². The third-order valence-corrected chi connectivity index (χ3v) is 7.03. The van der Waals surface area contributed by atoms with Crippen molar-refractivity contribution in [1.82, 2.24) is 10.2 Å². The predicted molar refractivity (Wildman–Crippen MR) is 95.6 cm³/mol. The van der Waals surface area contributed by atoms with Gasteiger partial charge in [-0.3, -0.25) is 0 Å².